The summed E-state index contributed by atoms with van der Waals surface area (Å²) < 4.78 is 18.9. The summed E-state index contributed by atoms with van der Waals surface area (Å²) in [5.74, 6) is 1.66. The van der Waals surface area contributed by atoms with E-state index in [4.69, 9.17) is 16.3 Å². The first-order valence-corrected chi connectivity index (χ1v) is 9.45. The third-order valence-electron chi connectivity index (χ3n) is 3.70. The van der Waals surface area contributed by atoms with Crippen LogP contribution in [-0.4, -0.2) is 25.3 Å². The predicted molar refractivity (Wildman–Crippen MR) is 102 cm³/mol. The number of methoxy groups -OCH3 is 1. The average Bonchev–Trinajstić information content (AvgIpc) is 2.57. The molecular weight excluding hydrogens is 361 g/mol. The molecule has 0 atom stereocenters. The van der Waals surface area contributed by atoms with Crippen LogP contribution in [0, 0.1) is 12.7 Å². The molecule has 0 spiro atoms. The zero-order valence-electron chi connectivity index (χ0n) is 14.3. The number of hydrogen-bond acceptors (Lipinski definition) is 3. The standard InChI is InChI=1S/C19H21ClFNO2S/c1-13-10-14(6-7-18(13)24-2)11-19(23)22-8-9-25-12-15-16(20)4-3-5-17(15)21/h3-7,10H,8-9,11-12H2,1-2H3,(H,22,23). The molecule has 0 aliphatic carbocycles. The molecule has 0 saturated carbocycles. The van der Waals surface area contributed by atoms with Crippen molar-refractivity contribution in [3.63, 3.8) is 0 Å². The lowest BCUT2D eigenvalue weighted by molar-refractivity contribution is -0.120. The van der Waals surface area contributed by atoms with E-state index in [1.807, 2.05) is 25.1 Å². The van der Waals surface area contributed by atoms with E-state index in [1.54, 1.807) is 19.2 Å². The van der Waals surface area contributed by atoms with Crippen LogP contribution in [0.15, 0.2) is 36.4 Å². The molecule has 2 aromatic rings. The second-order valence-corrected chi connectivity index (χ2v) is 7.10. The third kappa shape index (κ3) is 5.94. The van der Waals surface area contributed by atoms with Crippen molar-refractivity contribution in [1.82, 2.24) is 5.32 Å². The van der Waals surface area contributed by atoms with Gasteiger partial charge >= 0.3 is 0 Å². The lowest BCUT2D eigenvalue weighted by Crippen LogP contribution is -2.27. The van der Waals surface area contributed by atoms with Gasteiger partial charge in [0.15, 0.2) is 0 Å². The molecule has 0 bridgehead atoms. The Hall–Kier alpha value is -1.72. The number of carbonyl (C=O) groups is 1. The molecule has 1 N–H and O–H groups in total. The molecule has 0 aliphatic rings. The van der Waals surface area contributed by atoms with Gasteiger partial charge in [0.05, 0.1) is 13.5 Å². The average molecular weight is 382 g/mol. The lowest BCUT2D eigenvalue weighted by Gasteiger charge is -2.09. The SMILES string of the molecule is COc1ccc(CC(=O)NCCSCc2c(F)cccc2Cl)cc1C. The summed E-state index contributed by atoms with van der Waals surface area (Å²) in [5.41, 5.74) is 2.46. The second kappa shape index (κ2) is 9.68. The number of ether oxygens (including phenoxy) is 1. The van der Waals surface area contributed by atoms with Crippen molar-refractivity contribution in [3.8, 4) is 5.75 Å². The Kier molecular flexibility index (Phi) is 7.59. The van der Waals surface area contributed by atoms with Crippen LogP contribution >= 0.6 is 23.4 Å². The zero-order chi connectivity index (χ0) is 18.2. The van der Waals surface area contributed by atoms with Crippen LogP contribution in [0.3, 0.4) is 0 Å². The van der Waals surface area contributed by atoms with Gasteiger partial charge in [0.25, 0.3) is 0 Å². The minimum Gasteiger partial charge on any atom is -0.496 e. The minimum absolute atomic E-state index is 0.0332. The number of nitrogens with one attached hydrogen (secondary N) is 1. The van der Waals surface area contributed by atoms with E-state index in [0.717, 1.165) is 16.9 Å². The monoisotopic (exact) mass is 381 g/mol. The number of halogens is 2. The van der Waals surface area contributed by atoms with Crippen LogP contribution in [0.4, 0.5) is 4.39 Å². The van der Waals surface area contributed by atoms with Crippen LogP contribution in [0.1, 0.15) is 16.7 Å². The fraction of sp³-hybridized carbons (Fsp3) is 0.316. The molecule has 0 aromatic heterocycles. The predicted octanol–water partition coefficient (Wildman–Crippen LogP) is 4.39. The molecule has 0 fully saturated rings. The summed E-state index contributed by atoms with van der Waals surface area (Å²) >= 11 is 7.52. The van der Waals surface area contributed by atoms with Gasteiger partial charge in [-0.2, -0.15) is 11.8 Å². The Bertz CT molecular complexity index is 719. The Morgan fingerprint density at radius 2 is 2.12 bits per heavy atom. The van der Waals surface area contributed by atoms with Gasteiger partial charge in [-0.1, -0.05) is 29.8 Å². The highest BCUT2D eigenvalue weighted by molar-refractivity contribution is 7.98. The highest BCUT2D eigenvalue weighted by Gasteiger charge is 2.08. The van der Waals surface area contributed by atoms with Gasteiger partial charge in [0.1, 0.15) is 11.6 Å². The van der Waals surface area contributed by atoms with Crippen molar-refractivity contribution in [2.24, 2.45) is 0 Å². The van der Waals surface area contributed by atoms with Gasteiger partial charge in [-0.3, -0.25) is 4.79 Å². The van der Waals surface area contributed by atoms with E-state index >= 15 is 0 Å². The van der Waals surface area contributed by atoms with Crippen molar-refractivity contribution in [3.05, 3.63) is 63.9 Å². The zero-order valence-corrected chi connectivity index (χ0v) is 15.8. The first-order valence-electron chi connectivity index (χ1n) is 7.92. The highest BCUT2D eigenvalue weighted by atomic mass is 35.5. The normalized spacial score (nSPS) is 10.6. The number of thioether (sulfide) groups is 1. The molecule has 25 heavy (non-hydrogen) atoms. The van der Waals surface area contributed by atoms with Gasteiger partial charge in [-0.15, -0.1) is 0 Å². The Balaban J connectivity index is 1.71. The highest BCUT2D eigenvalue weighted by Crippen LogP contribution is 2.23. The largest absolute Gasteiger partial charge is 0.496 e. The van der Waals surface area contributed by atoms with E-state index in [-0.39, 0.29) is 11.7 Å². The van der Waals surface area contributed by atoms with E-state index in [9.17, 15) is 9.18 Å². The molecule has 134 valence electrons. The minimum atomic E-state index is -0.293. The Labute approximate surface area is 156 Å². The van der Waals surface area contributed by atoms with Crippen LogP contribution in [0.2, 0.25) is 5.02 Å². The smallest absolute Gasteiger partial charge is 0.224 e. The molecule has 2 aromatic carbocycles. The second-order valence-electron chi connectivity index (χ2n) is 5.58. The number of rotatable bonds is 8. The number of amides is 1. The van der Waals surface area contributed by atoms with Crippen molar-refractivity contribution < 1.29 is 13.9 Å². The molecule has 0 saturated heterocycles. The van der Waals surface area contributed by atoms with Gasteiger partial charge in [0, 0.05) is 28.6 Å². The summed E-state index contributed by atoms with van der Waals surface area (Å²) in [6.45, 7) is 2.48. The molecule has 0 radical (unpaired) electrons. The van der Waals surface area contributed by atoms with Crippen molar-refractivity contribution >= 4 is 29.3 Å². The number of carbonyl (C=O) groups excluding carboxylic acids is 1. The van der Waals surface area contributed by atoms with Gasteiger partial charge < -0.3 is 10.1 Å². The number of aryl methyl sites for hydroxylation is 1. The first kappa shape index (κ1) is 19.6. The maximum Gasteiger partial charge on any atom is 0.224 e. The maximum absolute atomic E-state index is 13.6. The van der Waals surface area contributed by atoms with E-state index < -0.39 is 0 Å². The van der Waals surface area contributed by atoms with Crippen LogP contribution in [0.5, 0.6) is 5.75 Å². The molecule has 1 amide bonds. The Morgan fingerprint density at radius 3 is 2.80 bits per heavy atom. The van der Waals surface area contributed by atoms with Gasteiger partial charge in [0.2, 0.25) is 5.91 Å². The van der Waals surface area contributed by atoms with Gasteiger partial charge in [-0.05, 0) is 36.2 Å². The maximum atomic E-state index is 13.6. The molecule has 0 unspecified atom stereocenters. The molecule has 6 heteroatoms. The molecule has 3 nitrogen and oxygen atoms in total. The van der Waals surface area contributed by atoms with Crippen molar-refractivity contribution in [2.45, 2.75) is 19.1 Å². The molecule has 2 rings (SSSR count). The third-order valence-corrected chi connectivity index (χ3v) is 5.04. The summed E-state index contributed by atoms with van der Waals surface area (Å²) in [4.78, 5) is 12.0. The number of hydrogen-bond donors (Lipinski definition) is 1. The van der Waals surface area contributed by atoms with Crippen LogP contribution in [-0.2, 0) is 17.0 Å². The fourth-order valence-electron chi connectivity index (χ4n) is 2.41. The van der Waals surface area contributed by atoms with E-state index in [2.05, 4.69) is 5.32 Å². The van der Waals surface area contributed by atoms with E-state index in [0.29, 0.717) is 35.1 Å². The van der Waals surface area contributed by atoms with Crippen LogP contribution < -0.4 is 10.1 Å². The fourth-order valence-corrected chi connectivity index (χ4v) is 3.60. The summed E-state index contributed by atoms with van der Waals surface area (Å²) in [7, 11) is 1.63. The number of benzene rings is 2. The first-order chi connectivity index (χ1) is 12.0. The quantitative estimate of drug-likeness (QED) is 0.689. The summed E-state index contributed by atoms with van der Waals surface area (Å²) in [5, 5.41) is 3.31. The molecule has 0 aliphatic heterocycles. The van der Waals surface area contributed by atoms with Crippen LogP contribution in [0.25, 0.3) is 0 Å². The van der Waals surface area contributed by atoms with E-state index in [1.165, 1.54) is 17.8 Å². The summed E-state index contributed by atoms with van der Waals surface area (Å²) in [6.07, 6.45) is 0.328. The lowest BCUT2D eigenvalue weighted by atomic mass is 10.1. The van der Waals surface area contributed by atoms with Crippen molar-refractivity contribution in [1.29, 1.82) is 0 Å². The summed E-state index contributed by atoms with van der Waals surface area (Å²) in [6, 6.07) is 10.4. The molecular formula is C19H21ClFNO2S. The van der Waals surface area contributed by atoms with Gasteiger partial charge in [-0.25, -0.2) is 4.39 Å². The Morgan fingerprint density at radius 1 is 1.32 bits per heavy atom. The molecule has 0 heterocycles. The topological polar surface area (TPSA) is 38.3 Å². The van der Waals surface area contributed by atoms with Crippen molar-refractivity contribution in [2.75, 3.05) is 19.4 Å².